The van der Waals surface area contributed by atoms with Gasteiger partial charge >= 0.3 is 6.03 Å². The second kappa shape index (κ2) is 8.33. The summed E-state index contributed by atoms with van der Waals surface area (Å²) < 4.78 is 0. The maximum Gasteiger partial charge on any atom is 0.312 e. The number of amides is 3. The first-order chi connectivity index (χ1) is 12.5. The number of piperazine rings is 1. The van der Waals surface area contributed by atoms with Gasteiger partial charge in [0.05, 0.1) is 18.5 Å². The van der Waals surface area contributed by atoms with E-state index in [1.165, 1.54) is 11.3 Å². The number of rotatable bonds is 5. The van der Waals surface area contributed by atoms with Gasteiger partial charge in [0, 0.05) is 24.5 Å². The smallest absolute Gasteiger partial charge is 0.312 e. The van der Waals surface area contributed by atoms with Gasteiger partial charge in [-0.05, 0) is 24.1 Å². The van der Waals surface area contributed by atoms with E-state index in [0.717, 1.165) is 23.5 Å². The number of hydrogen-bond donors (Lipinski definition) is 2. The average Bonchev–Trinajstić information content (AvgIpc) is 3.16. The maximum atomic E-state index is 13.1. The highest BCUT2D eigenvalue weighted by Gasteiger charge is 2.31. The van der Waals surface area contributed by atoms with Crippen molar-refractivity contribution < 1.29 is 9.59 Å². The summed E-state index contributed by atoms with van der Waals surface area (Å²) in [6.45, 7) is 2.30. The summed E-state index contributed by atoms with van der Waals surface area (Å²) in [7, 11) is 2.07. The minimum absolute atomic E-state index is 0.0139. The van der Waals surface area contributed by atoms with E-state index in [0.29, 0.717) is 6.54 Å². The molecule has 1 aliphatic heterocycles. The largest absolute Gasteiger partial charge is 0.352 e. The molecule has 0 spiro atoms. The molecule has 1 aliphatic rings. The molecule has 1 aromatic heterocycles. The van der Waals surface area contributed by atoms with Crippen molar-refractivity contribution in [2.24, 2.45) is 5.73 Å². The van der Waals surface area contributed by atoms with Crippen molar-refractivity contribution in [3.05, 3.63) is 58.3 Å². The Kier molecular flexibility index (Phi) is 5.90. The Morgan fingerprint density at radius 1 is 1.23 bits per heavy atom. The zero-order valence-corrected chi connectivity index (χ0v) is 15.6. The molecule has 3 rings (SSSR count). The van der Waals surface area contributed by atoms with E-state index in [-0.39, 0.29) is 18.4 Å². The lowest BCUT2D eigenvalue weighted by atomic mass is 10.0. The standard InChI is InChI=1S/C19H24N4O2S/c1-22-9-10-23(16(13-22)14-6-3-2-4-7-14)18(24)12-15(21-19(20)25)17-8-5-11-26-17/h2-8,11,15-16H,9-10,12-13H2,1H3,(H3,20,21,25). The Labute approximate surface area is 157 Å². The number of carbonyl (C=O) groups excluding carboxylic acids is 2. The molecule has 2 unspecified atom stereocenters. The molecule has 3 N–H and O–H groups in total. The SMILES string of the molecule is CN1CCN(C(=O)CC(NC(N)=O)c2cccs2)C(c2ccccc2)C1. The number of urea groups is 1. The van der Waals surface area contributed by atoms with Gasteiger partial charge < -0.3 is 20.9 Å². The van der Waals surface area contributed by atoms with E-state index >= 15 is 0 Å². The monoisotopic (exact) mass is 372 g/mol. The van der Waals surface area contributed by atoms with Crippen molar-refractivity contribution in [3.63, 3.8) is 0 Å². The number of thiophene rings is 1. The van der Waals surface area contributed by atoms with E-state index < -0.39 is 12.1 Å². The van der Waals surface area contributed by atoms with Crippen molar-refractivity contribution >= 4 is 23.3 Å². The molecule has 26 heavy (non-hydrogen) atoms. The minimum atomic E-state index is -0.616. The average molecular weight is 372 g/mol. The molecule has 7 heteroatoms. The Bertz CT molecular complexity index is 735. The van der Waals surface area contributed by atoms with Crippen LogP contribution in [0.25, 0.3) is 0 Å². The molecule has 0 aliphatic carbocycles. The van der Waals surface area contributed by atoms with Gasteiger partial charge in [0.15, 0.2) is 0 Å². The van der Waals surface area contributed by atoms with Gasteiger partial charge in [-0.2, -0.15) is 0 Å². The number of nitrogens with zero attached hydrogens (tertiary/aromatic N) is 2. The van der Waals surface area contributed by atoms with Crippen molar-refractivity contribution in [2.75, 3.05) is 26.7 Å². The van der Waals surface area contributed by atoms with Gasteiger partial charge in [-0.15, -0.1) is 11.3 Å². The van der Waals surface area contributed by atoms with Crippen LogP contribution in [0.15, 0.2) is 47.8 Å². The normalized spacial score (nSPS) is 19.1. The number of carbonyl (C=O) groups is 2. The lowest BCUT2D eigenvalue weighted by molar-refractivity contribution is -0.136. The fourth-order valence-corrected chi connectivity index (χ4v) is 4.13. The number of nitrogens with one attached hydrogen (secondary N) is 1. The predicted molar refractivity (Wildman–Crippen MR) is 103 cm³/mol. The number of benzene rings is 1. The first kappa shape index (κ1) is 18.4. The van der Waals surface area contributed by atoms with E-state index in [1.807, 2.05) is 40.6 Å². The van der Waals surface area contributed by atoms with E-state index in [1.54, 1.807) is 0 Å². The van der Waals surface area contributed by atoms with Gasteiger partial charge in [-0.3, -0.25) is 4.79 Å². The van der Waals surface area contributed by atoms with Gasteiger partial charge in [0.2, 0.25) is 5.91 Å². The van der Waals surface area contributed by atoms with E-state index in [9.17, 15) is 9.59 Å². The van der Waals surface area contributed by atoms with E-state index in [2.05, 4.69) is 29.4 Å². The van der Waals surface area contributed by atoms with Crippen molar-refractivity contribution in [1.82, 2.24) is 15.1 Å². The van der Waals surface area contributed by atoms with Crippen LogP contribution in [0.2, 0.25) is 0 Å². The van der Waals surface area contributed by atoms with Crippen LogP contribution in [-0.4, -0.2) is 48.4 Å². The molecule has 3 amide bonds. The third-order valence-electron chi connectivity index (χ3n) is 4.67. The van der Waals surface area contributed by atoms with Crippen LogP contribution in [0.5, 0.6) is 0 Å². The highest BCUT2D eigenvalue weighted by atomic mass is 32.1. The van der Waals surface area contributed by atoms with Crippen LogP contribution in [0.3, 0.4) is 0 Å². The lowest BCUT2D eigenvalue weighted by Crippen LogP contribution is -2.50. The minimum Gasteiger partial charge on any atom is -0.352 e. The van der Waals surface area contributed by atoms with Crippen LogP contribution in [-0.2, 0) is 4.79 Å². The third-order valence-corrected chi connectivity index (χ3v) is 5.66. The summed E-state index contributed by atoms with van der Waals surface area (Å²) in [5.74, 6) is 0.0269. The van der Waals surface area contributed by atoms with Crippen molar-refractivity contribution in [3.8, 4) is 0 Å². The van der Waals surface area contributed by atoms with Crippen LogP contribution in [0.4, 0.5) is 4.79 Å². The summed E-state index contributed by atoms with van der Waals surface area (Å²) in [5, 5.41) is 4.64. The molecule has 6 nitrogen and oxygen atoms in total. The van der Waals surface area contributed by atoms with Crippen molar-refractivity contribution in [1.29, 1.82) is 0 Å². The molecule has 2 atom stereocenters. The molecule has 0 bridgehead atoms. The fourth-order valence-electron chi connectivity index (χ4n) is 3.35. The molecule has 1 fully saturated rings. The fraction of sp³-hybridized carbons (Fsp3) is 0.368. The molecule has 2 aromatic rings. The summed E-state index contributed by atoms with van der Waals surface area (Å²) in [6, 6.07) is 12.9. The van der Waals surface area contributed by atoms with Gasteiger partial charge in [-0.1, -0.05) is 36.4 Å². The molecule has 0 saturated carbocycles. The number of nitrogens with two attached hydrogens (primary N) is 1. The van der Waals surface area contributed by atoms with Gasteiger partial charge in [-0.25, -0.2) is 4.79 Å². The molecule has 0 radical (unpaired) electrons. The molecule has 1 saturated heterocycles. The maximum absolute atomic E-state index is 13.1. The Morgan fingerprint density at radius 3 is 2.65 bits per heavy atom. The van der Waals surface area contributed by atoms with Crippen LogP contribution in [0, 0.1) is 0 Å². The predicted octanol–water partition coefficient (Wildman–Crippen LogP) is 2.36. The highest BCUT2D eigenvalue weighted by molar-refractivity contribution is 7.10. The Morgan fingerprint density at radius 2 is 2.00 bits per heavy atom. The second-order valence-electron chi connectivity index (χ2n) is 6.56. The van der Waals surface area contributed by atoms with Crippen LogP contribution in [0.1, 0.15) is 28.9 Å². The Balaban J connectivity index is 1.78. The summed E-state index contributed by atoms with van der Waals surface area (Å²) in [4.78, 5) is 29.6. The lowest BCUT2D eigenvalue weighted by Gasteiger charge is -2.41. The molecule has 2 heterocycles. The van der Waals surface area contributed by atoms with Crippen LogP contribution >= 0.6 is 11.3 Å². The number of primary amides is 1. The zero-order valence-electron chi connectivity index (χ0n) is 14.8. The van der Waals surface area contributed by atoms with Crippen molar-refractivity contribution in [2.45, 2.75) is 18.5 Å². The topological polar surface area (TPSA) is 78.7 Å². The quantitative estimate of drug-likeness (QED) is 0.846. The first-order valence-corrected chi connectivity index (χ1v) is 9.55. The summed E-state index contributed by atoms with van der Waals surface area (Å²) >= 11 is 1.51. The van der Waals surface area contributed by atoms with Gasteiger partial charge in [0.25, 0.3) is 0 Å². The molecule has 138 valence electrons. The van der Waals surface area contributed by atoms with Crippen LogP contribution < -0.4 is 11.1 Å². The number of hydrogen-bond acceptors (Lipinski definition) is 4. The third kappa shape index (κ3) is 4.42. The summed E-state index contributed by atoms with van der Waals surface area (Å²) in [5.41, 5.74) is 6.44. The zero-order chi connectivity index (χ0) is 18.5. The molecule has 1 aromatic carbocycles. The first-order valence-electron chi connectivity index (χ1n) is 8.67. The van der Waals surface area contributed by atoms with Gasteiger partial charge in [0.1, 0.15) is 0 Å². The second-order valence-corrected chi connectivity index (χ2v) is 7.54. The summed E-state index contributed by atoms with van der Waals surface area (Å²) in [6.07, 6.45) is 0.205. The van der Waals surface area contributed by atoms with E-state index in [4.69, 9.17) is 5.73 Å². The molecular formula is C19H24N4O2S. The highest BCUT2D eigenvalue weighted by Crippen LogP contribution is 2.28. The molecular weight excluding hydrogens is 348 g/mol. The number of likely N-dealkylation sites (N-methyl/N-ethyl adjacent to an activating group) is 1. The Hall–Kier alpha value is -2.38.